The number of fused-ring (bicyclic) bond motifs is 1. The van der Waals surface area contributed by atoms with Crippen molar-refractivity contribution in [2.75, 3.05) is 32.2 Å². The summed E-state index contributed by atoms with van der Waals surface area (Å²) < 4.78 is 5.29. The van der Waals surface area contributed by atoms with Gasteiger partial charge in [0.2, 0.25) is 0 Å². The highest BCUT2D eigenvalue weighted by molar-refractivity contribution is 5.84. The minimum atomic E-state index is -0.415. The van der Waals surface area contributed by atoms with E-state index in [9.17, 15) is 9.90 Å². The molecule has 7 heteroatoms. The highest BCUT2D eigenvalue weighted by atomic mass is 16.5. The summed E-state index contributed by atoms with van der Waals surface area (Å²) in [4.78, 5) is 28.3. The lowest BCUT2D eigenvalue weighted by Crippen LogP contribution is -2.31. The van der Waals surface area contributed by atoms with Crippen LogP contribution in [0.15, 0.2) is 18.3 Å². The van der Waals surface area contributed by atoms with Gasteiger partial charge < -0.3 is 14.7 Å². The van der Waals surface area contributed by atoms with Gasteiger partial charge in [0.1, 0.15) is 17.3 Å². The minimum Gasteiger partial charge on any atom is -0.497 e. The SMILES string of the molecule is COc1ccnc(-c2nc3c(c(N(C)CC(=O)CC(C)(C)CO)n2)CCC3)c1. The molecule has 0 radical (unpaired) electrons. The van der Waals surface area contributed by atoms with Gasteiger partial charge in [-0.1, -0.05) is 13.8 Å². The van der Waals surface area contributed by atoms with Gasteiger partial charge in [0, 0.05) is 43.6 Å². The van der Waals surface area contributed by atoms with Gasteiger partial charge in [0.25, 0.3) is 0 Å². The first-order valence-corrected chi connectivity index (χ1v) is 9.57. The highest BCUT2D eigenvalue weighted by Gasteiger charge is 2.25. The number of anilines is 1. The Morgan fingerprint density at radius 2 is 2.11 bits per heavy atom. The predicted octanol–water partition coefficient (Wildman–Crippen LogP) is 2.45. The van der Waals surface area contributed by atoms with E-state index in [1.165, 1.54) is 0 Å². The zero-order valence-corrected chi connectivity index (χ0v) is 17.0. The number of aliphatic hydroxyl groups excluding tert-OH is 1. The Labute approximate surface area is 165 Å². The number of aromatic nitrogens is 3. The summed E-state index contributed by atoms with van der Waals surface area (Å²) >= 11 is 0. The molecule has 2 heterocycles. The fraction of sp³-hybridized carbons (Fsp3) is 0.524. The molecule has 1 aliphatic rings. The summed E-state index contributed by atoms with van der Waals surface area (Å²) in [5.74, 6) is 2.11. The Kier molecular flexibility index (Phi) is 5.93. The average molecular weight is 384 g/mol. The number of ether oxygens (including phenoxy) is 1. The largest absolute Gasteiger partial charge is 0.497 e. The van der Waals surface area contributed by atoms with Crippen LogP contribution in [0.3, 0.4) is 0 Å². The molecule has 0 bridgehead atoms. The van der Waals surface area contributed by atoms with E-state index < -0.39 is 5.41 Å². The molecule has 0 amide bonds. The molecule has 3 rings (SSSR count). The Morgan fingerprint density at radius 1 is 1.32 bits per heavy atom. The molecule has 0 aliphatic heterocycles. The Bertz CT molecular complexity index is 867. The van der Waals surface area contributed by atoms with Gasteiger partial charge in [-0.05, 0) is 30.7 Å². The lowest BCUT2D eigenvalue weighted by molar-refractivity contribution is -0.120. The molecule has 7 nitrogen and oxygen atoms in total. The van der Waals surface area contributed by atoms with Crippen molar-refractivity contribution in [3.05, 3.63) is 29.6 Å². The molecule has 1 N–H and O–H groups in total. The number of pyridine rings is 1. The van der Waals surface area contributed by atoms with Gasteiger partial charge in [0.15, 0.2) is 11.6 Å². The molecule has 0 saturated heterocycles. The van der Waals surface area contributed by atoms with Crippen LogP contribution in [0.2, 0.25) is 0 Å². The molecular formula is C21H28N4O3. The minimum absolute atomic E-state index is 0.0168. The number of hydrogen-bond donors (Lipinski definition) is 1. The summed E-state index contributed by atoms with van der Waals surface area (Å²) in [7, 11) is 3.49. The second-order valence-electron chi connectivity index (χ2n) is 8.12. The van der Waals surface area contributed by atoms with Crippen LogP contribution in [0, 0.1) is 5.41 Å². The summed E-state index contributed by atoms with van der Waals surface area (Å²) in [5.41, 5.74) is 2.38. The van der Waals surface area contributed by atoms with Crippen molar-refractivity contribution in [3.63, 3.8) is 0 Å². The van der Waals surface area contributed by atoms with Crippen molar-refractivity contribution >= 4 is 11.6 Å². The van der Waals surface area contributed by atoms with Crippen LogP contribution >= 0.6 is 0 Å². The van der Waals surface area contributed by atoms with Crippen molar-refractivity contribution in [1.29, 1.82) is 0 Å². The first kappa shape index (κ1) is 20.2. The van der Waals surface area contributed by atoms with Crippen molar-refractivity contribution in [1.82, 2.24) is 15.0 Å². The van der Waals surface area contributed by atoms with Gasteiger partial charge in [-0.2, -0.15) is 0 Å². The number of Topliss-reactive ketones (excluding diaryl/α,β-unsaturated/α-hetero) is 1. The molecule has 0 atom stereocenters. The monoisotopic (exact) mass is 384 g/mol. The van der Waals surface area contributed by atoms with E-state index in [2.05, 4.69) is 4.98 Å². The fourth-order valence-corrected chi connectivity index (χ4v) is 3.49. The second-order valence-corrected chi connectivity index (χ2v) is 8.12. The van der Waals surface area contributed by atoms with Crippen LogP contribution < -0.4 is 9.64 Å². The topological polar surface area (TPSA) is 88.4 Å². The molecule has 0 aromatic carbocycles. The van der Waals surface area contributed by atoms with Gasteiger partial charge in [-0.25, -0.2) is 9.97 Å². The van der Waals surface area contributed by atoms with Crippen molar-refractivity contribution in [3.8, 4) is 17.3 Å². The van der Waals surface area contributed by atoms with Crippen LogP contribution in [0.5, 0.6) is 5.75 Å². The van der Waals surface area contributed by atoms with Gasteiger partial charge >= 0.3 is 0 Å². The molecule has 28 heavy (non-hydrogen) atoms. The number of carbonyl (C=O) groups is 1. The first-order chi connectivity index (χ1) is 13.3. The maximum Gasteiger partial charge on any atom is 0.180 e. The van der Waals surface area contributed by atoms with Crippen LogP contribution in [0.25, 0.3) is 11.5 Å². The number of aliphatic hydroxyl groups is 1. The second kappa shape index (κ2) is 8.22. The summed E-state index contributed by atoms with van der Waals surface area (Å²) in [6.45, 7) is 4.01. The number of hydrogen-bond acceptors (Lipinski definition) is 7. The highest BCUT2D eigenvalue weighted by Crippen LogP contribution is 2.31. The number of nitrogens with zero attached hydrogens (tertiary/aromatic N) is 4. The Hall–Kier alpha value is -2.54. The number of likely N-dealkylation sites (N-methyl/N-ethyl adjacent to an activating group) is 1. The van der Waals surface area contributed by atoms with Crippen LogP contribution in [-0.2, 0) is 17.6 Å². The van der Waals surface area contributed by atoms with Crippen LogP contribution in [0.4, 0.5) is 5.82 Å². The third kappa shape index (κ3) is 4.47. The van der Waals surface area contributed by atoms with E-state index in [0.29, 0.717) is 23.7 Å². The van der Waals surface area contributed by atoms with E-state index in [4.69, 9.17) is 14.7 Å². The quantitative estimate of drug-likeness (QED) is 0.748. The molecular weight excluding hydrogens is 356 g/mol. The molecule has 1 aliphatic carbocycles. The predicted molar refractivity (Wildman–Crippen MR) is 108 cm³/mol. The maximum atomic E-state index is 12.5. The molecule has 0 saturated carbocycles. The summed E-state index contributed by atoms with van der Waals surface area (Å²) in [6, 6.07) is 3.60. The van der Waals surface area contributed by atoms with Gasteiger partial charge in [-0.15, -0.1) is 0 Å². The van der Waals surface area contributed by atoms with E-state index in [-0.39, 0.29) is 18.9 Å². The molecule has 2 aromatic heterocycles. The van der Waals surface area contributed by atoms with Crippen molar-refractivity contribution < 1.29 is 14.6 Å². The number of ketones is 1. The molecule has 0 fully saturated rings. The maximum absolute atomic E-state index is 12.5. The van der Waals surface area contributed by atoms with E-state index in [1.807, 2.05) is 31.9 Å². The Balaban J connectivity index is 1.90. The number of methoxy groups -OCH3 is 1. The fourth-order valence-electron chi connectivity index (χ4n) is 3.49. The van der Waals surface area contributed by atoms with Gasteiger partial charge in [-0.3, -0.25) is 9.78 Å². The van der Waals surface area contributed by atoms with E-state index >= 15 is 0 Å². The van der Waals surface area contributed by atoms with Crippen LogP contribution in [0.1, 0.15) is 37.9 Å². The summed E-state index contributed by atoms with van der Waals surface area (Å²) in [5, 5.41) is 9.42. The molecule has 150 valence electrons. The molecule has 0 unspecified atom stereocenters. The van der Waals surface area contributed by atoms with Gasteiger partial charge in [0.05, 0.1) is 13.7 Å². The lowest BCUT2D eigenvalue weighted by atomic mass is 9.88. The van der Waals surface area contributed by atoms with E-state index in [0.717, 1.165) is 36.3 Å². The average Bonchev–Trinajstić information content (AvgIpc) is 3.15. The standard InChI is InChI=1S/C21H28N4O3/c1-21(2,13-26)11-14(27)12-25(3)20-16-6-5-7-17(16)23-19(24-20)18-10-15(28-4)8-9-22-18/h8-10,26H,5-7,11-13H2,1-4H3. The molecule has 0 spiro atoms. The van der Waals surface area contributed by atoms with Crippen molar-refractivity contribution in [2.24, 2.45) is 5.41 Å². The number of carbonyl (C=O) groups excluding carboxylic acids is 1. The molecule has 2 aromatic rings. The Morgan fingerprint density at radius 3 is 2.82 bits per heavy atom. The third-order valence-electron chi connectivity index (χ3n) is 4.99. The number of aryl methyl sites for hydroxylation is 1. The zero-order chi connectivity index (χ0) is 20.3. The normalized spacial score (nSPS) is 13.3. The van der Waals surface area contributed by atoms with E-state index in [1.54, 1.807) is 19.4 Å². The zero-order valence-electron chi connectivity index (χ0n) is 17.0. The first-order valence-electron chi connectivity index (χ1n) is 9.57. The smallest absolute Gasteiger partial charge is 0.180 e. The van der Waals surface area contributed by atoms with Crippen LogP contribution in [-0.4, -0.2) is 53.2 Å². The third-order valence-corrected chi connectivity index (χ3v) is 4.99. The summed E-state index contributed by atoms with van der Waals surface area (Å²) in [6.07, 6.45) is 4.85. The lowest BCUT2D eigenvalue weighted by Gasteiger charge is -2.24. The number of rotatable bonds is 8. The van der Waals surface area contributed by atoms with Crippen molar-refractivity contribution in [2.45, 2.75) is 39.5 Å².